The van der Waals surface area contributed by atoms with E-state index >= 15 is 0 Å². The summed E-state index contributed by atoms with van der Waals surface area (Å²) >= 11 is 3.15. The monoisotopic (exact) mass is 312 g/mol. The molecule has 0 spiro atoms. The molecule has 0 saturated heterocycles. The summed E-state index contributed by atoms with van der Waals surface area (Å²) in [5.41, 5.74) is 0.200. The molecule has 1 N–H and O–H groups in total. The first-order valence-electron chi connectivity index (χ1n) is 4.94. The van der Waals surface area contributed by atoms with Crippen molar-refractivity contribution in [3.05, 3.63) is 58.3 Å². The van der Waals surface area contributed by atoms with Crippen LogP contribution in [0.25, 0.3) is 0 Å². The highest BCUT2D eigenvalue weighted by molar-refractivity contribution is 9.10. The molecule has 0 unspecified atom stereocenters. The highest BCUT2D eigenvalue weighted by atomic mass is 79.9. The first-order chi connectivity index (χ1) is 8.56. The molecular weight excluding hydrogens is 306 g/mol. The van der Waals surface area contributed by atoms with Crippen LogP contribution in [-0.4, -0.2) is 10.9 Å². The van der Waals surface area contributed by atoms with Gasteiger partial charge in [-0.25, -0.2) is 13.8 Å². The van der Waals surface area contributed by atoms with Gasteiger partial charge in [0.15, 0.2) is 0 Å². The fourth-order valence-corrected chi connectivity index (χ4v) is 1.56. The van der Waals surface area contributed by atoms with Gasteiger partial charge in [0.25, 0.3) is 5.91 Å². The van der Waals surface area contributed by atoms with Crippen molar-refractivity contribution in [2.75, 3.05) is 5.32 Å². The van der Waals surface area contributed by atoms with Crippen molar-refractivity contribution in [3.63, 3.8) is 0 Å². The molecule has 1 aromatic carbocycles. The van der Waals surface area contributed by atoms with Crippen LogP contribution in [0.3, 0.4) is 0 Å². The molecule has 2 aromatic rings. The zero-order valence-corrected chi connectivity index (χ0v) is 10.5. The van der Waals surface area contributed by atoms with Crippen molar-refractivity contribution >= 4 is 27.5 Å². The smallest absolute Gasteiger partial charge is 0.258 e. The second-order valence-electron chi connectivity index (χ2n) is 3.45. The molecule has 0 aliphatic carbocycles. The van der Waals surface area contributed by atoms with Crippen LogP contribution >= 0.6 is 15.9 Å². The number of pyridine rings is 1. The fourth-order valence-electron chi connectivity index (χ4n) is 1.32. The lowest BCUT2D eigenvalue weighted by molar-refractivity contribution is 0.102. The van der Waals surface area contributed by atoms with E-state index in [9.17, 15) is 13.6 Å². The van der Waals surface area contributed by atoms with Gasteiger partial charge in [-0.05, 0) is 40.2 Å². The van der Waals surface area contributed by atoms with E-state index in [2.05, 4.69) is 26.2 Å². The molecule has 2 rings (SSSR count). The van der Waals surface area contributed by atoms with E-state index in [-0.39, 0.29) is 5.56 Å². The Kier molecular flexibility index (Phi) is 3.66. The molecule has 0 radical (unpaired) electrons. The average molecular weight is 313 g/mol. The summed E-state index contributed by atoms with van der Waals surface area (Å²) in [4.78, 5) is 15.6. The van der Waals surface area contributed by atoms with Gasteiger partial charge < -0.3 is 5.32 Å². The molecule has 0 aliphatic heterocycles. The van der Waals surface area contributed by atoms with Crippen LogP contribution in [0.5, 0.6) is 0 Å². The lowest BCUT2D eigenvalue weighted by atomic mass is 10.2. The van der Waals surface area contributed by atoms with Crippen LogP contribution in [0.4, 0.5) is 14.5 Å². The number of aromatic nitrogens is 1. The molecule has 6 heteroatoms. The van der Waals surface area contributed by atoms with E-state index in [1.54, 1.807) is 12.1 Å². The highest BCUT2D eigenvalue weighted by Crippen LogP contribution is 2.14. The standard InChI is InChI=1S/C12H7BrF2N2O/c13-11-4-2-8(6-16-11)17-12(18)9-3-1-7(14)5-10(9)15/h1-6H,(H,17,18). The van der Waals surface area contributed by atoms with E-state index < -0.39 is 17.5 Å². The van der Waals surface area contributed by atoms with Gasteiger partial charge in [-0.1, -0.05) is 0 Å². The van der Waals surface area contributed by atoms with Gasteiger partial charge in [-0.3, -0.25) is 4.79 Å². The van der Waals surface area contributed by atoms with Crippen molar-refractivity contribution in [2.45, 2.75) is 0 Å². The van der Waals surface area contributed by atoms with Gasteiger partial charge in [0.1, 0.15) is 16.2 Å². The Bertz CT molecular complexity index is 587. The number of hydrogen-bond donors (Lipinski definition) is 1. The first kappa shape index (κ1) is 12.6. The summed E-state index contributed by atoms with van der Waals surface area (Å²) in [6.45, 7) is 0. The number of amides is 1. The van der Waals surface area contributed by atoms with Gasteiger partial charge in [-0.2, -0.15) is 0 Å². The van der Waals surface area contributed by atoms with E-state index in [4.69, 9.17) is 0 Å². The molecule has 0 aliphatic rings. The largest absolute Gasteiger partial charge is 0.320 e. The molecule has 0 atom stereocenters. The van der Waals surface area contributed by atoms with E-state index in [0.717, 1.165) is 12.1 Å². The third-order valence-electron chi connectivity index (χ3n) is 2.16. The molecule has 18 heavy (non-hydrogen) atoms. The normalized spacial score (nSPS) is 10.2. The second-order valence-corrected chi connectivity index (χ2v) is 4.26. The van der Waals surface area contributed by atoms with Crippen molar-refractivity contribution in [1.82, 2.24) is 4.98 Å². The summed E-state index contributed by atoms with van der Waals surface area (Å²) < 4.78 is 26.7. The van der Waals surface area contributed by atoms with E-state index in [0.29, 0.717) is 16.4 Å². The Balaban J connectivity index is 2.19. The van der Waals surface area contributed by atoms with E-state index in [1.807, 2.05) is 0 Å². The Labute approximate surface area is 110 Å². The Morgan fingerprint density at radius 2 is 2.00 bits per heavy atom. The summed E-state index contributed by atoms with van der Waals surface area (Å²) in [5.74, 6) is -2.29. The topological polar surface area (TPSA) is 42.0 Å². The molecule has 1 aromatic heterocycles. The van der Waals surface area contributed by atoms with Crippen LogP contribution in [0.1, 0.15) is 10.4 Å². The SMILES string of the molecule is O=C(Nc1ccc(Br)nc1)c1ccc(F)cc1F. The second kappa shape index (κ2) is 5.22. The van der Waals surface area contributed by atoms with Crippen molar-refractivity contribution in [3.8, 4) is 0 Å². The molecule has 0 fully saturated rings. The number of benzene rings is 1. The van der Waals surface area contributed by atoms with Crippen LogP contribution in [0, 0.1) is 11.6 Å². The highest BCUT2D eigenvalue weighted by Gasteiger charge is 2.12. The van der Waals surface area contributed by atoms with Crippen LogP contribution in [-0.2, 0) is 0 Å². The molecule has 1 heterocycles. The first-order valence-corrected chi connectivity index (χ1v) is 5.73. The number of hydrogen-bond acceptors (Lipinski definition) is 2. The molecule has 3 nitrogen and oxygen atoms in total. The molecule has 1 amide bonds. The van der Waals surface area contributed by atoms with Gasteiger partial charge in [0, 0.05) is 6.07 Å². The zero-order chi connectivity index (χ0) is 13.1. The number of nitrogens with one attached hydrogen (secondary N) is 1. The molecule has 0 bridgehead atoms. The Hall–Kier alpha value is -1.82. The number of carbonyl (C=O) groups is 1. The lowest BCUT2D eigenvalue weighted by Gasteiger charge is -2.05. The number of nitrogens with zero attached hydrogens (tertiary/aromatic N) is 1. The summed E-state index contributed by atoms with van der Waals surface area (Å²) in [6.07, 6.45) is 1.42. The van der Waals surface area contributed by atoms with Crippen molar-refractivity contribution in [1.29, 1.82) is 0 Å². The molecule has 0 saturated carbocycles. The number of rotatable bonds is 2. The van der Waals surface area contributed by atoms with Crippen LogP contribution in [0.15, 0.2) is 41.1 Å². The molecular formula is C12H7BrF2N2O. The minimum Gasteiger partial charge on any atom is -0.320 e. The third kappa shape index (κ3) is 2.89. The zero-order valence-electron chi connectivity index (χ0n) is 8.95. The number of carbonyl (C=O) groups excluding carboxylic acids is 1. The van der Waals surface area contributed by atoms with Crippen LogP contribution in [0.2, 0.25) is 0 Å². The average Bonchev–Trinajstić information content (AvgIpc) is 2.32. The van der Waals surface area contributed by atoms with E-state index in [1.165, 1.54) is 6.20 Å². The minimum atomic E-state index is -0.905. The predicted octanol–water partition coefficient (Wildman–Crippen LogP) is 3.37. The van der Waals surface area contributed by atoms with Crippen molar-refractivity contribution in [2.24, 2.45) is 0 Å². The minimum absolute atomic E-state index is 0.223. The van der Waals surface area contributed by atoms with Gasteiger partial charge in [0.2, 0.25) is 0 Å². The van der Waals surface area contributed by atoms with Crippen LogP contribution < -0.4 is 5.32 Å². The van der Waals surface area contributed by atoms with Gasteiger partial charge >= 0.3 is 0 Å². The summed E-state index contributed by atoms with van der Waals surface area (Å²) in [7, 11) is 0. The maximum absolute atomic E-state index is 13.3. The maximum Gasteiger partial charge on any atom is 0.258 e. The number of halogens is 3. The van der Waals surface area contributed by atoms with Gasteiger partial charge in [-0.15, -0.1) is 0 Å². The van der Waals surface area contributed by atoms with Crippen molar-refractivity contribution < 1.29 is 13.6 Å². The summed E-state index contributed by atoms with van der Waals surface area (Å²) in [5, 5.41) is 2.46. The number of anilines is 1. The molecule has 92 valence electrons. The quantitative estimate of drug-likeness (QED) is 0.864. The predicted molar refractivity (Wildman–Crippen MR) is 66.2 cm³/mol. The summed E-state index contributed by atoms with van der Waals surface area (Å²) in [6, 6.07) is 6.02. The lowest BCUT2D eigenvalue weighted by Crippen LogP contribution is -2.14. The maximum atomic E-state index is 13.3. The third-order valence-corrected chi connectivity index (χ3v) is 2.63. The van der Waals surface area contributed by atoms with Gasteiger partial charge in [0.05, 0.1) is 17.4 Å². The Morgan fingerprint density at radius 1 is 1.22 bits per heavy atom. The Morgan fingerprint density at radius 3 is 2.61 bits per heavy atom. The fraction of sp³-hybridized carbons (Fsp3) is 0.